The van der Waals surface area contributed by atoms with Crippen LogP contribution in [0.2, 0.25) is 0 Å². The fourth-order valence-corrected chi connectivity index (χ4v) is 0.990. The van der Waals surface area contributed by atoms with Crippen LogP contribution in [0.5, 0.6) is 0 Å². The molecule has 0 spiro atoms. The molecular formula is C9H17N. The lowest BCUT2D eigenvalue weighted by atomic mass is 10.1. The Morgan fingerprint density at radius 1 is 1.30 bits per heavy atom. The summed E-state index contributed by atoms with van der Waals surface area (Å²) in [6.45, 7) is 11.1. The van der Waals surface area contributed by atoms with Crippen LogP contribution in [0.25, 0.3) is 4.85 Å². The molecule has 0 saturated carbocycles. The molecule has 0 saturated heterocycles. The van der Waals surface area contributed by atoms with Gasteiger partial charge in [0.05, 0.1) is 0 Å². The quantitative estimate of drug-likeness (QED) is 0.407. The summed E-state index contributed by atoms with van der Waals surface area (Å²) >= 11 is 0. The van der Waals surface area contributed by atoms with Gasteiger partial charge < -0.3 is 4.85 Å². The van der Waals surface area contributed by atoms with Crippen LogP contribution in [-0.2, 0) is 0 Å². The molecule has 1 heteroatoms. The van der Waals surface area contributed by atoms with E-state index in [-0.39, 0.29) is 0 Å². The van der Waals surface area contributed by atoms with Crippen molar-refractivity contribution in [2.75, 3.05) is 0 Å². The van der Waals surface area contributed by atoms with Crippen molar-refractivity contribution in [1.82, 2.24) is 0 Å². The first-order valence-corrected chi connectivity index (χ1v) is 4.21. The van der Waals surface area contributed by atoms with Crippen molar-refractivity contribution in [2.24, 2.45) is 0 Å². The van der Waals surface area contributed by atoms with Gasteiger partial charge in [0.1, 0.15) is 0 Å². The van der Waals surface area contributed by atoms with Gasteiger partial charge in [-0.3, -0.25) is 0 Å². The fraction of sp³-hybridized carbons (Fsp3) is 0.889. The molecule has 0 aliphatic carbocycles. The second-order valence-corrected chi connectivity index (χ2v) is 2.69. The number of nitrogens with zero attached hydrogens (tertiary/aromatic N) is 1. The summed E-state index contributed by atoms with van der Waals surface area (Å²) in [5, 5.41) is 0. The first-order chi connectivity index (χ1) is 4.85. The van der Waals surface area contributed by atoms with Crippen LogP contribution in [0.15, 0.2) is 0 Å². The smallest absolute Gasteiger partial charge is 0.223 e. The van der Waals surface area contributed by atoms with Crippen molar-refractivity contribution in [2.45, 2.75) is 52.0 Å². The lowest BCUT2D eigenvalue weighted by Gasteiger charge is -1.99. The normalized spacial score (nSPS) is 12.5. The van der Waals surface area contributed by atoms with Crippen LogP contribution in [-0.4, -0.2) is 6.04 Å². The summed E-state index contributed by atoms with van der Waals surface area (Å²) in [6, 6.07) is 0.298. The molecule has 0 fully saturated rings. The van der Waals surface area contributed by atoms with Crippen LogP contribution in [0.3, 0.4) is 0 Å². The molecular weight excluding hydrogens is 122 g/mol. The van der Waals surface area contributed by atoms with Crippen molar-refractivity contribution < 1.29 is 0 Å². The fourth-order valence-electron chi connectivity index (χ4n) is 0.990. The summed E-state index contributed by atoms with van der Waals surface area (Å²) in [5.74, 6) is 0. The molecule has 0 bridgehead atoms. The van der Waals surface area contributed by atoms with E-state index in [4.69, 9.17) is 6.57 Å². The number of hydrogen-bond donors (Lipinski definition) is 0. The van der Waals surface area contributed by atoms with E-state index in [2.05, 4.69) is 18.7 Å². The Balaban J connectivity index is 3.20. The predicted octanol–water partition coefficient (Wildman–Crippen LogP) is 3.26. The third kappa shape index (κ3) is 4.38. The molecule has 0 aromatic heterocycles. The average molecular weight is 139 g/mol. The highest BCUT2D eigenvalue weighted by Gasteiger charge is 2.06. The second-order valence-electron chi connectivity index (χ2n) is 2.69. The predicted molar refractivity (Wildman–Crippen MR) is 44.8 cm³/mol. The molecule has 0 aromatic carbocycles. The standard InChI is InChI=1S/C9H17N/c1-4-6-7-8-9(5-2)10-3/h9H,4-8H2,1-2H3. The van der Waals surface area contributed by atoms with Crippen molar-refractivity contribution in [3.05, 3.63) is 11.4 Å². The Labute approximate surface area is 64.3 Å². The lowest BCUT2D eigenvalue weighted by Crippen LogP contribution is -1.98. The SMILES string of the molecule is [C-]#[N+]C(CC)CCCCC. The van der Waals surface area contributed by atoms with E-state index in [1.165, 1.54) is 19.3 Å². The van der Waals surface area contributed by atoms with Gasteiger partial charge >= 0.3 is 0 Å². The molecule has 10 heavy (non-hydrogen) atoms. The summed E-state index contributed by atoms with van der Waals surface area (Å²) in [7, 11) is 0. The second kappa shape index (κ2) is 6.61. The van der Waals surface area contributed by atoms with Gasteiger partial charge in [-0.15, -0.1) is 0 Å². The molecule has 0 amide bonds. The zero-order valence-electron chi connectivity index (χ0n) is 7.06. The maximum Gasteiger partial charge on any atom is 0.223 e. The Morgan fingerprint density at radius 3 is 2.40 bits per heavy atom. The molecule has 0 aliphatic rings. The van der Waals surface area contributed by atoms with Crippen LogP contribution < -0.4 is 0 Å². The number of hydrogen-bond acceptors (Lipinski definition) is 0. The number of unbranched alkanes of at least 4 members (excludes halogenated alkanes) is 2. The van der Waals surface area contributed by atoms with E-state index in [0.29, 0.717) is 6.04 Å². The molecule has 0 aromatic rings. The highest BCUT2D eigenvalue weighted by Crippen LogP contribution is 2.08. The van der Waals surface area contributed by atoms with Gasteiger partial charge in [0, 0.05) is 12.8 Å². The minimum Gasteiger partial charge on any atom is -0.314 e. The van der Waals surface area contributed by atoms with E-state index >= 15 is 0 Å². The summed E-state index contributed by atoms with van der Waals surface area (Å²) in [6.07, 6.45) is 5.90. The Hall–Kier alpha value is -0.510. The summed E-state index contributed by atoms with van der Waals surface area (Å²) < 4.78 is 0. The molecule has 1 nitrogen and oxygen atoms in total. The topological polar surface area (TPSA) is 4.36 Å². The van der Waals surface area contributed by atoms with Gasteiger partial charge in [0.25, 0.3) is 0 Å². The van der Waals surface area contributed by atoms with E-state index < -0.39 is 0 Å². The number of rotatable bonds is 5. The summed E-state index contributed by atoms with van der Waals surface area (Å²) in [4.78, 5) is 3.53. The minimum atomic E-state index is 0.298. The van der Waals surface area contributed by atoms with Gasteiger partial charge in [-0.05, 0) is 6.42 Å². The molecule has 1 unspecified atom stereocenters. The van der Waals surface area contributed by atoms with Gasteiger partial charge in [0.2, 0.25) is 6.04 Å². The zero-order valence-corrected chi connectivity index (χ0v) is 7.06. The third-order valence-electron chi connectivity index (χ3n) is 1.79. The summed E-state index contributed by atoms with van der Waals surface area (Å²) in [5.41, 5.74) is 0. The van der Waals surface area contributed by atoms with E-state index in [0.717, 1.165) is 12.8 Å². The average Bonchev–Trinajstić information content (AvgIpc) is 1.99. The van der Waals surface area contributed by atoms with Crippen LogP contribution in [0.4, 0.5) is 0 Å². The van der Waals surface area contributed by atoms with Gasteiger partial charge in [-0.25, -0.2) is 6.57 Å². The monoisotopic (exact) mass is 139 g/mol. The maximum atomic E-state index is 6.82. The van der Waals surface area contributed by atoms with Crippen LogP contribution >= 0.6 is 0 Å². The highest BCUT2D eigenvalue weighted by molar-refractivity contribution is 4.75. The first kappa shape index (κ1) is 9.49. The maximum absolute atomic E-state index is 6.82. The van der Waals surface area contributed by atoms with Crippen LogP contribution in [0, 0.1) is 6.57 Å². The molecule has 58 valence electrons. The van der Waals surface area contributed by atoms with E-state index in [1.54, 1.807) is 0 Å². The van der Waals surface area contributed by atoms with Crippen molar-refractivity contribution in [3.63, 3.8) is 0 Å². The van der Waals surface area contributed by atoms with Gasteiger partial charge in [0.15, 0.2) is 0 Å². The third-order valence-corrected chi connectivity index (χ3v) is 1.79. The van der Waals surface area contributed by atoms with E-state index in [9.17, 15) is 0 Å². The largest absolute Gasteiger partial charge is 0.314 e. The van der Waals surface area contributed by atoms with E-state index in [1.807, 2.05) is 0 Å². The Bertz CT molecular complexity index is 102. The molecule has 1 atom stereocenters. The lowest BCUT2D eigenvalue weighted by molar-refractivity contribution is 0.596. The van der Waals surface area contributed by atoms with Crippen molar-refractivity contribution in [1.29, 1.82) is 0 Å². The zero-order chi connectivity index (χ0) is 7.82. The van der Waals surface area contributed by atoms with Crippen molar-refractivity contribution in [3.8, 4) is 0 Å². The molecule has 0 aliphatic heterocycles. The highest BCUT2D eigenvalue weighted by atomic mass is 14.7. The molecule has 0 rings (SSSR count). The molecule has 0 radical (unpaired) electrons. The van der Waals surface area contributed by atoms with Gasteiger partial charge in [-0.2, -0.15) is 0 Å². The Morgan fingerprint density at radius 2 is 2.00 bits per heavy atom. The van der Waals surface area contributed by atoms with Gasteiger partial charge in [-0.1, -0.05) is 26.7 Å². The van der Waals surface area contributed by atoms with Crippen LogP contribution in [0.1, 0.15) is 46.0 Å². The Kier molecular flexibility index (Phi) is 6.27. The minimum absolute atomic E-state index is 0.298. The molecule has 0 heterocycles. The van der Waals surface area contributed by atoms with Crippen molar-refractivity contribution >= 4 is 0 Å². The molecule has 0 N–H and O–H groups in total. The first-order valence-electron chi connectivity index (χ1n) is 4.21.